The Morgan fingerprint density at radius 1 is 0.810 bits per heavy atom. The maximum atomic E-state index is 8.83. The Morgan fingerprint density at radius 2 is 1.48 bits per heavy atom. The lowest BCUT2D eigenvalue weighted by Gasteiger charge is -2.19. The standard InChI is InChI=1S/C19H25NO/c21-15-9-3-8-14-20-19(18-12-6-2-7-13-18)16-17-10-4-1-5-11-17/h1-2,4-7,10-13,19-21H,3,8-9,14-16H2. The van der Waals surface area contributed by atoms with E-state index < -0.39 is 0 Å². The summed E-state index contributed by atoms with van der Waals surface area (Å²) in [6.07, 6.45) is 4.09. The normalized spacial score (nSPS) is 12.2. The van der Waals surface area contributed by atoms with E-state index >= 15 is 0 Å². The van der Waals surface area contributed by atoms with E-state index in [4.69, 9.17) is 5.11 Å². The predicted molar refractivity (Wildman–Crippen MR) is 88.3 cm³/mol. The van der Waals surface area contributed by atoms with Gasteiger partial charge in [-0.2, -0.15) is 0 Å². The van der Waals surface area contributed by atoms with Crippen LogP contribution in [0.5, 0.6) is 0 Å². The number of nitrogens with one attached hydrogen (secondary N) is 1. The van der Waals surface area contributed by atoms with Gasteiger partial charge in [-0.3, -0.25) is 0 Å². The zero-order valence-corrected chi connectivity index (χ0v) is 12.5. The molecule has 0 heterocycles. The molecule has 0 aliphatic heterocycles. The monoisotopic (exact) mass is 283 g/mol. The van der Waals surface area contributed by atoms with Crippen molar-refractivity contribution >= 4 is 0 Å². The van der Waals surface area contributed by atoms with Crippen LogP contribution < -0.4 is 5.32 Å². The van der Waals surface area contributed by atoms with Crippen LogP contribution in [0.25, 0.3) is 0 Å². The third-order valence-corrected chi connectivity index (χ3v) is 3.71. The Balaban J connectivity index is 1.94. The first-order chi connectivity index (χ1) is 10.4. The molecule has 0 amide bonds. The molecule has 0 bridgehead atoms. The van der Waals surface area contributed by atoms with Crippen molar-refractivity contribution in [1.82, 2.24) is 5.32 Å². The van der Waals surface area contributed by atoms with Gasteiger partial charge in [-0.15, -0.1) is 0 Å². The van der Waals surface area contributed by atoms with Crippen LogP contribution in [0, 0.1) is 0 Å². The van der Waals surface area contributed by atoms with Crippen molar-refractivity contribution in [3.63, 3.8) is 0 Å². The van der Waals surface area contributed by atoms with Crippen LogP contribution in [-0.2, 0) is 6.42 Å². The van der Waals surface area contributed by atoms with Crippen molar-refractivity contribution in [1.29, 1.82) is 0 Å². The number of aliphatic hydroxyl groups excluding tert-OH is 1. The summed E-state index contributed by atoms with van der Waals surface area (Å²) in [5, 5.41) is 12.5. The van der Waals surface area contributed by atoms with Crippen molar-refractivity contribution in [2.24, 2.45) is 0 Å². The van der Waals surface area contributed by atoms with Crippen molar-refractivity contribution in [2.45, 2.75) is 31.7 Å². The summed E-state index contributed by atoms with van der Waals surface area (Å²) in [6, 6.07) is 21.6. The Hall–Kier alpha value is -1.64. The van der Waals surface area contributed by atoms with Crippen LogP contribution in [0.4, 0.5) is 0 Å². The molecule has 2 aromatic rings. The fourth-order valence-electron chi connectivity index (χ4n) is 2.53. The zero-order chi connectivity index (χ0) is 14.8. The molecule has 0 aliphatic rings. The van der Waals surface area contributed by atoms with E-state index in [1.807, 2.05) is 0 Å². The zero-order valence-electron chi connectivity index (χ0n) is 12.5. The number of hydrogen-bond acceptors (Lipinski definition) is 2. The molecule has 0 saturated heterocycles. The second-order valence-corrected chi connectivity index (χ2v) is 5.39. The van der Waals surface area contributed by atoms with E-state index in [1.54, 1.807) is 0 Å². The maximum Gasteiger partial charge on any atom is 0.0431 e. The summed E-state index contributed by atoms with van der Waals surface area (Å²) in [5.74, 6) is 0. The first kappa shape index (κ1) is 15.7. The Labute approximate surface area is 127 Å². The quantitative estimate of drug-likeness (QED) is 0.687. The van der Waals surface area contributed by atoms with Gasteiger partial charge in [0.15, 0.2) is 0 Å². The minimum Gasteiger partial charge on any atom is -0.396 e. The van der Waals surface area contributed by atoms with Gasteiger partial charge in [-0.1, -0.05) is 60.7 Å². The van der Waals surface area contributed by atoms with E-state index in [9.17, 15) is 0 Å². The topological polar surface area (TPSA) is 32.3 Å². The van der Waals surface area contributed by atoms with Crippen molar-refractivity contribution in [3.05, 3.63) is 71.8 Å². The fourth-order valence-corrected chi connectivity index (χ4v) is 2.53. The number of aliphatic hydroxyl groups is 1. The molecule has 0 radical (unpaired) electrons. The molecule has 2 nitrogen and oxygen atoms in total. The SMILES string of the molecule is OCCCCCNC(Cc1ccccc1)c1ccccc1. The summed E-state index contributed by atoms with van der Waals surface area (Å²) < 4.78 is 0. The molecular formula is C19H25NO. The van der Waals surface area contributed by atoms with Gasteiger partial charge < -0.3 is 10.4 Å². The van der Waals surface area contributed by atoms with Gasteiger partial charge >= 0.3 is 0 Å². The lowest BCUT2D eigenvalue weighted by molar-refractivity contribution is 0.282. The number of rotatable bonds is 9. The van der Waals surface area contributed by atoms with Gasteiger partial charge in [0.2, 0.25) is 0 Å². The highest BCUT2D eigenvalue weighted by Crippen LogP contribution is 2.18. The summed E-state index contributed by atoms with van der Waals surface area (Å²) in [5.41, 5.74) is 2.69. The highest BCUT2D eigenvalue weighted by molar-refractivity contribution is 5.23. The Bertz CT molecular complexity index is 483. The second kappa shape index (κ2) is 9.32. The van der Waals surface area contributed by atoms with E-state index in [2.05, 4.69) is 66.0 Å². The molecule has 0 saturated carbocycles. The van der Waals surface area contributed by atoms with Gasteiger partial charge in [0.1, 0.15) is 0 Å². The minimum atomic E-state index is 0.298. The molecule has 1 atom stereocenters. The Morgan fingerprint density at radius 3 is 2.14 bits per heavy atom. The molecule has 2 heteroatoms. The number of hydrogen-bond donors (Lipinski definition) is 2. The van der Waals surface area contributed by atoms with Crippen molar-refractivity contribution < 1.29 is 5.11 Å². The van der Waals surface area contributed by atoms with Crippen LogP contribution in [0.3, 0.4) is 0 Å². The largest absolute Gasteiger partial charge is 0.396 e. The third-order valence-electron chi connectivity index (χ3n) is 3.71. The summed E-state index contributed by atoms with van der Waals surface area (Å²) in [6.45, 7) is 1.29. The molecular weight excluding hydrogens is 258 g/mol. The van der Waals surface area contributed by atoms with Gasteiger partial charge in [-0.05, 0) is 43.4 Å². The van der Waals surface area contributed by atoms with Crippen LogP contribution in [-0.4, -0.2) is 18.3 Å². The van der Waals surface area contributed by atoms with Crippen LogP contribution in [0.2, 0.25) is 0 Å². The second-order valence-electron chi connectivity index (χ2n) is 5.39. The smallest absolute Gasteiger partial charge is 0.0431 e. The van der Waals surface area contributed by atoms with E-state index in [0.717, 1.165) is 32.2 Å². The van der Waals surface area contributed by atoms with E-state index in [1.165, 1.54) is 11.1 Å². The number of benzene rings is 2. The van der Waals surface area contributed by atoms with Crippen LogP contribution in [0.15, 0.2) is 60.7 Å². The number of unbranched alkanes of at least 4 members (excludes halogenated alkanes) is 2. The van der Waals surface area contributed by atoms with E-state index in [0.29, 0.717) is 12.6 Å². The first-order valence-corrected chi connectivity index (χ1v) is 7.83. The molecule has 1 unspecified atom stereocenters. The highest BCUT2D eigenvalue weighted by Gasteiger charge is 2.10. The third kappa shape index (κ3) is 5.70. The molecule has 112 valence electrons. The van der Waals surface area contributed by atoms with Gasteiger partial charge in [-0.25, -0.2) is 0 Å². The molecule has 0 spiro atoms. The predicted octanol–water partition coefficient (Wildman–Crippen LogP) is 3.72. The van der Waals surface area contributed by atoms with Gasteiger partial charge in [0.25, 0.3) is 0 Å². The summed E-state index contributed by atoms with van der Waals surface area (Å²) >= 11 is 0. The maximum absolute atomic E-state index is 8.83. The summed E-state index contributed by atoms with van der Waals surface area (Å²) in [7, 11) is 0. The molecule has 0 aromatic heterocycles. The van der Waals surface area contributed by atoms with Crippen LogP contribution >= 0.6 is 0 Å². The molecule has 2 aromatic carbocycles. The highest BCUT2D eigenvalue weighted by atomic mass is 16.2. The molecule has 2 N–H and O–H groups in total. The lowest BCUT2D eigenvalue weighted by atomic mass is 9.98. The minimum absolute atomic E-state index is 0.298. The average Bonchev–Trinajstić information content (AvgIpc) is 2.55. The summed E-state index contributed by atoms with van der Waals surface area (Å²) in [4.78, 5) is 0. The lowest BCUT2D eigenvalue weighted by Crippen LogP contribution is -2.24. The molecule has 2 rings (SSSR count). The van der Waals surface area contributed by atoms with Crippen molar-refractivity contribution in [2.75, 3.05) is 13.2 Å². The molecule has 21 heavy (non-hydrogen) atoms. The van der Waals surface area contributed by atoms with Gasteiger partial charge in [0, 0.05) is 12.6 Å². The van der Waals surface area contributed by atoms with E-state index in [-0.39, 0.29) is 0 Å². The average molecular weight is 283 g/mol. The molecule has 0 fully saturated rings. The molecule has 0 aliphatic carbocycles. The Kier molecular flexibility index (Phi) is 6.99. The van der Waals surface area contributed by atoms with Crippen molar-refractivity contribution in [3.8, 4) is 0 Å². The first-order valence-electron chi connectivity index (χ1n) is 7.83. The van der Waals surface area contributed by atoms with Crippen LogP contribution in [0.1, 0.15) is 36.4 Å². The fraction of sp³-hybridized carbons (Fsp3) is 0.368. The van der Waals surface area contributed by atoms with Gasteiger partial charge in [0.05, 0.1) is 0 Å².